The van der Waals surface area contributed by atoms with Gasteiger partial charge in [0.15, 0.2) is 12.4 Å². The standard InChI is InChI=1S/C26H29BrN4O7/c1-5-7-8-23-29-20-10-9-18(27)13-19(20)26(33)30(23)28-14-17-11-21(31(34)35)25(22(12-17)36-6-2)37-15-24(32)38-16(3)4/h9-14,16H,5-8,15H2,1-4H3. The van der Waals surface area contributed by atoms with Gasteiger partial charge in [0.25, 0.3) is 5.56 Å². The van der Waals surface area contributed by atoms with E-state index in [4.69, 9.17) is 14.2 Å². The van der Waals surface area contributed by atoms with E-state index in [2.05, 4.69) is 26.0 Å². The van der Waals surface area contributed by atoms with Gasteiger partial charge in [0, 0.05) is 22.5 Å². The number of benzene rings is 2. The summed E-state index contributed by atoms with van der Waals surface area (Å²) in [5.41, 5.74) is 0.0677. The number of aromatic nitrogens is 2. The number of fused-ring (bicyclic) bond motifs is 1. The molecule has 12 heteroatoms. The highest BCUT2D eigenvalue weighted by Crippen LogP contribution is 2.38. The summed E-state index contributed by atoms with van der Waals surface area (Å²) in [6, 6.07) is 7.97. The van der Waals surface area contributed by atoms with E-state index in [9.17, 15) is 19.7 Å². The fourth-order valence-electron chi connectivity index (χ4n) is 3.59. The first-order valence-corrected chi connectivity index (χ1v) is 13.0. The molecule has 0 saturated carbocycles. The van der Waals surface area contributed by atoms with Crippen LogP contribution in [0.5, 0.6) is 11.5 Å². The Morgan fingerprint density at radius 3 is 2.66 bits per heavy atom. The molecule has 0 aliphatic rings. The monoisotopic (exact) mass is 588 g/mol. The molecule has 202 valence electrons. The van der Waals surface area contributed by atoms with E-state index < -0.39 is 23.2 Å². The normalized spacial score (nSPS) is 11.3. The summed E-state index contributed by atoms with van der Waals surface area (Å²) in [7, 11) is 0. The third-order valence-electron chi connectivity index (χ3n) is 5.21. The van der Waals surface area contributed by atoms with E-state index >= 15 is 0 Å². The number of carbonyl (C=O) groups is 1. The second-order valence-corrected chi connectivity index (χ2v) is 9.45. The first-order valence-electron chi connectivity index (χ1n) is 12.2. The van der Waals surface area contributed by atoms with Gasteiger partial charge in [-0.1, -0.05) is 29.3 Å². The molecule has 1 aromatic heterocycles. The Morgan fingerprint density at radius 2 is 2.00 bits per heavy atom. The van der Waals surface area contributed by atoms with Crippen LogP contribution in [0.25, 0.3) is 10.9 Å². The van der Waals surface area contributed by atoms with Gasteiger partial charge in [-0.25, -0.2) is 9.78 Å². The molecule has 0 aliphatic heterocycles. The molecule has 0 N–H and O–H groups in total. The number of ether oxygens (including phenoxy) is 3. The van der Waals surface area contributed by atoms with E-state index in [0.717, 1.165) is 17.3 Å². The molecule has 11 nitrogen and oxygen atoms in total. The number of nitro groups is 1. The zero-order valence-electron chi connectivity index (χ0n) is 21.6. The lowest BCUT2D eigenvalue weighted by Gasteiger charge is -2.14. The Bertz CT molecular complexity index is 1420. The van der Waals surface area contributed by atoms with Crippen LogP contribution in [0, 0.1) is 10.1 Å². The molecule has 0 spiro atoms. The number of hydrogen-bond acceptors (Lipinski definition) is 9. The lowest BCUT2D eigenvalue weighted by atomic mass is 10.2. The number of carbonyl (C=O) groups excluding carboxylic acids is 1. The highest BCUT2D eigenvalue weighted by Gasteiger charge is 2.24. The van der Waals surface area contributed by atoms with Gasteiger partial charge in [0.2, 0.25) is 5.75 Å². The highest BCUT2D eigenvalue weighted by molar-refractivity contribution is 9.10. The summed E-state index contributed by atoms with van der Waals surface area (Å²) in [5, 5.41) is 16.6. The first-order chi connectivity index (χ1) is 18.1. The number of unbranched alkanes of at least 4 members (excludes halogenated alkanes) is 1. The molecule has 0 fully saturated rings. The van der Waals surface area contributed by atoms with Crippen molar-refractivity contribution < 1.29 is 23.9 Å². The minimum atomic E-state index is -0.670. The van der Waals surface area contributed by atoms with Crippen molar-refractivity contribution in [3.8, 4) is 11.5 Å². The van der Waals surface area contributed by atoms with Gasteiger partial charge >= 0.3 is 11.7 Å². The lowest BCUT2D eigenvalue weighted by molar-refractivity contribution is -0.385. The van der Waals surface area contributed by atoms with Crippen molar-refractivity contribution in [2.45, 2.75) is 53.1 Å². The van der Waals surface area contributed by atoms with Crippen LogP contribution in [0.2, 0.25) is 0 Å². The molecule has 0 bridgehead atoms. The van der Waals surface area contributed by atoms with Gasteiger partial charge in [-0.15, -0.1) is 0 Å². The highest BCUT2D eigenvalue weighted by atomic mass is 79.9. The van der Waals surface area contributed by atoms with Crippen LogP contribution in [-0.4, -0.2) is 46.1 Å². The summed E-state index contributed by atoms with van der Waals surface area (Å²) < 4.78 is 18.0. The van der Waals surface area contributed by atoms with Gasteiger partial charge in [0.1, 0.15) is 5.82 Å². The van der Waals surface area contributed by atoms with E-state index in [1.807, 2.05) is 13.0 Å². The minimum absolute atomic E-state index is 0.0552. The molecule has 2 aromatic carbocycles. The Labute approximate surface area is 227 Å². The maximum atomic E-state index is 13.3. The third-order valence-corrected chi connectivity index (χ3v) is 5.70. The van der Waals surface area contributed by atoms with E-state index in [0.29, 0.717) is 28.7 Å². The molecule has 0 radical (unpaired) electrons. The fourth-order valence-corrected chi connectivity index (χ4v) is 3.95. The molecule has 0 amide bonds. The molecule has 0 unspecified atom stereocenters. The van der Waals surface area contributed by atoms with Crippen molar-refractivity contribution in [3.63, 3.8) is 0 Å². The number of halogens is 1. The lowest BCUT2D eigenvalue weighted by Crippen LogP contribution is -2.22. The zero-order valence-corrected chi connectivity index (χ0v) is 23.2. The van der Waals surface area contributed by atoms with Crippen molar-refractivity contribution in [1.82, 2.24) is 9.66 Å². The average Bonchev–Trinajstić information content (AvgIpc) is 2.86. The molecule has 3 aromatic rings. The molecule has 0 saturated heterocycles. The molecule has 0 aliphatic carbocycles. The maximum absolute atomic E-state index is 13.3. The van der Waals surface area contributed by atoms with Crippen LogP contribution in [-0.2, 0) is 16.0 Å². The SMILES string of the molecule is CCCCc1nc2ccc(Br)cc2c(=O)n1N=Cc1cc(OCC)c(OCC(=O)OC(C)C)c([N+](=O)[O-])c1. The number of nitro benzene ring substituents is 1. The summed E-state index contributed by atoms with van der Waals surface area (Å²) in [4.78, 5) is 41.1. The van der Waals surface area contributed by atoms with Crippen molar-refractivity contribution in [2.24, 2.45) is 5.10 Å². The second kappa shape index (κ2) is 13.1. The van der Waals surface area contributed by atoms with E-state index in [-0.39, 0.29) is 29.8 Å². The fraction of sp³-hybridized carbons (Fsp3) is 0.385. The van der Waals surface area contributed by atoms with Gasteiger partial charge in [-0.3, -0.25) is 14.9 Å². The topological polar surface area (TPSA) is 135 Å². The summed E-state index contributed by atoms with van der Waals surface area (Å²) in [5.74, 6) is -0.338. The number of nitrogens with zero attached hydrogens (tertiary/aromatic N) is 4. The van der Waals surface area contributed by atoms with E-state index in [1.165, 1.54) is 23.0 Å². The number of rotatable bonds is 12. The summed E-state index contributed by atoms with van der Waals surface area (Å²) in [6.07, 6.45) is 3.19. The predicted octanol–water partition coefficient (Wildman–Crippen LogP) is 5.02. The Hall–Kier alpha value is -3.80. The van der Waals surface area contributed by atoms with Crippen LogP contribution in [0.3, 0.4) is 0 Å². The van der Waals surface area contributed by atoms with Crippen molar-refractivity contribution in [2.75, 3.05) is 13.2 Å². The number of aryl methyl sites for hydroxylation is 1. The molecule has 1 heterocycles. The number of hydrogen-bond donors (Lipinski definition) is 0. The molecule has 0 atom stereocenters. The van der Waals surface area contributed by atoms with Crippen molar-refractivity contribution >= 4 is 44.7 Å². The smallest absolute Gasteiger partial charge is 0.344 e. The van der Waals surface area contributed by atoms with Crippen molar-refractivity contribution in [1.29, 1.82) is 0 Å². The van der Waals surface area contributed by atoms with Crippen LogP contribution >= 0.6 is 15.9 Å². The second-order valence-electron chi connectivity index (χ2n) is 8.54. The molecular weight excluding hydrogens is 560 g/mol. The predicted molar refractivity (Wildman–Crippen MR) is 146 cm³/mol. The molecule has 3 rings (SSSR count). The minimum Gasteiger partial charge on any atom is -0.490 e. The Kier molecular flexibility index (Phi) is 9.94. The average molecular weight is 589 g/mol. The van der Waals surface area contributed by atoms with Crippen LogP contribution in [0.15, 0.2) is 44.7 Å². The molecule has 38 heavy (non-hydrogen) atoms. The third kappa shape index (κ3) is 7.15. The largest absolute Gasteiger partial charge is 0.490 e. The van der Waals surface area contributed by atoms with Gasteiger partial charge in [-0.2, -0.15) is 9.78 Å². The zero-order chi connectivity index (χ0) is 27.8. The van der Waals surface area contributed by atoms with Crippen LogP contribution in [0.4, 0.5) is 5.69 Å². The number of esters is 1. The Balaban J connectivity index is 2.06. The van der Waals surface area contributed by atoms with Crippen LogP contribution < -0.4 is 15.0 Å². The first kappa shape index (κ1) is 28.8. The van der Waals surface area contributed by atoms with Gasteiger partial charge in [0.05, 0.1) is 34.8 Å². The maximum Gasteiger partial charge on any atom is 0.344 e. The summed E-state index contributed by atoms with van der Waals surface area (Å²) in [6.45, 7) is 6.77. The van der Waals surface area contributed by atoms with Crippen molar-refractivity contribution in [3.05, 3.63) is 66.7 Å². The molecular formula is C26H29BrN4O7. The quantitative estimate of drug-likeness (QED) is 0.124. The van der Waals surface area contributed by atoms with E-state index in [1.54, 1.807) is 32.9 Å². The van der Waals surface area contributed by atoms with Gasteiger partial charge < -0.3 is 14.2 Å². The van der Waals surface area contributed by atoms with Gasteiger partial charge in [-0.05, 0) is 51.5 Å². The summed E-state index contributed by atoms with van der Waals surface area (Å²) >= 11 is 3.38. The Morgan fingerprint density at radius 1 is 1.24 bits per heavy atom. The van der Waals surface area contributed by atoms with Crippen LogP contribution in [0.1, 0.15) is 51.9 Å².